The van der Waals surface area contributed by atoms with Crippen LogP contribution >= 0.6 is 0 Å². The lowest BCUT2D eigenvalue weighted by Crippen LogP contribution is -2.51. The van der Waals surface area contributed by atoms with Crippen LogP contribution in [0.1, 0.15) is 13.8 Å². The first-order valence-corrected chi connectivity index (χ1v) is 8.03. The first kappa shape index (κ1) is 17.5. The molecule has 0 saturated heterocycles. The maximum Gasteiger partial charge on any atom is 0.411 e. The second-order valence-electron chi connectivity index (χ2n) is 6.23. The molecule has 1 aliphatic heterocycles. The molecule has 0 fully saturated rings. The highest BCUT2D eigenvalue weighted by Crippen LogP contribution is 2.38. The van der Waals surface area contributed by atoms with Crippen molar-refractivity contribution in [2.24, 2.45) is 5.73 Å². The van der Waals surface area contributed by atoms with Gasteiger partial charge in [-0.2, -0.15) is 5.10 Å². The standard InChI is InChI=1S/C17H19N5O4/c1-10-7-21(17(25)26)15-5-12(3-4-14(15)22(10)11(2)23)13-6-19-20(8-13)9-16(18)24/h3-6,8,10H,7,9H2,1-2H3,(H2,18,24)(H,25,26)/t10-/m0/s1. The van der Waals surface area contributed by atoms with Crippen molar-refractivity contribution < 1.29 is 19.5 Å². The molecule has 2 aromatic rings. The quantitative estimate of drug-likeness (QED) is 0.857. The van der Waals surface area contributed by atoms with Gasteiger partial charge in [-0.25, -0.2) is 4.79 Å². The Morgan fingerprint density at radius 2 is 2.00 bits per heavy atom. The number of carbonyl (C=O) groups excluding carboxylic acids is 2. The average Bonchev–Trinajstić information content (AvgIpc) is 3.00. The van der Waals surface area contributed by atoms with E-state index >= 15 is 0 Å². The molecule has 9 nitrogen and oxygen atoms in total. The maximum atomic E-state index is 12.0. The molecule has 3 N–H and O–H groups in total. The molecule has 0 aliphatic carbocycles. The van der Waals surface area contributed by atoms with Crippen LogP contribution in [0.4, 0.5) is 16.2 Å². The van der Waals surface area contributed by atoms with Gasteiger partial charge in [0.05, 0.1) is 23.6 Å². The number of amides is 3. The minimum atomic E-state index is -1.08. The number of nitrogens with two attached hydrogens (primary N) is 1. The fourth-order valence-electron chi connectivity index (χ4n) is 3.22. The first-order valence-electron chi connectivity index (χ1n) is 8.03. The van der Waals surface area contributed by atoms with Gasteiger partial charge in [-0.15, -0.1) is 0 Å². The minimum Gasteiger partial charge on any atom is -0.465 e. The Hall–Kier alpha value is -3.36. The van der Waals surface area contributed by atoms with Crippen molar-refractivity contribution in [2.75, 3.05) is 16.3 Å². The number of carboxylic acid groups (broad SMARTS) is 1. The van der Waals surface area contributed by atoms with E-state index < -0.39 is 12.0 Å². The molecule has 0 spiro atoms. The Labute approximate surface area is 149 Å². The number of benzene rings is 1. The van der Waals surface area contributed by atoms with Gasteiger partial charge in [0.1, 0.15) is 6.54 Å². The van der Waals surface area contributed by atoms with Crippen LogP contribution in [0.2, 0.25) is 0 Å². The van der Waals surface area contributed by atoms with Gasteiger partial charge >= 0.3 is 6.09 Å². The summed E-state index contributed by atoms with van der Waals surface area (Å²) >= 11 is 0. The molecule has 0 radical (unpaired) electrons. The second-order valence-corrected chi connectivity index (χ2v) is 6.23. The van der Waals surface area contributed by atoms with Gasteiger partial charge < -0.3 is 15.7 Å². The summed E-state index contributed by atoms with van der Waals surface area (Å²) < 4.78 is 1.41. The van der Waals surface area contributed by atoms with Gasteiger partial charge in [-0.05, 0) is 24.6 Å². The Morgan fingerprint density at radius 1 is 1.27 bits per heavy atom. The molecule has 1 aromatic heterocycles. The molecule has 2 heterocycles. The second kappa shape index (κ2) is 6.51. The van der Waals surface area contributed by atoms with Crippen molar-refractivity contribution in [3.8, 4) is 11.1 Å². The lowest BCUT2D eigenvalue weighted by molar-refractivity contribution is -0.119. The fourth-order valence-corrected chi connectivity index (χ4v) is 3.22. The van der Waals surface area contributed by atoms with E-state index in [-0.39, 0.29) is 25.0 Å². The van der Waals surface area contributed by atoms with Crippen molar-refractivity contribution in [3.63, 3.8) is 0 Å². The molecule has 0 unspecified atom stereocenters. The zero-order chi connectivity index (χ0) is 19.0. The normalized spacial score (nSPS) is 16.3. The van der Waals surface area contributed by atoms with Crippen LogP contribution in [-0.2, 0) is 16.1 Å². The van der Waals surface area contributed by atoms with E-state index in [0.717, 1.165) is 5.56 Å². The molecule has 136 valence electrons. The van der Waals surface area contributed by atoms with Gasteiger partial charge in [0.2, 0.25) is 11.8 Å². The molecule has 26 heavy (non-hydrogen) atoms. The summed E-state index contributed by atoms with van der Waals surface area (Å²) in [6.07, 6.45) is 2.15. The van der Waals surface area contributed by atoms with Crippen LogP contribution in [0.25, 0.3) is 11.1 Å². The predicted octanol–water partition coefficient (Wildman–Crippen LogP) is 1.27. The van der Waals surface area contributed by atoms with Gasteiger partial charge in [0.25, 0.3) is 0 Å². The first-order chi connectivity index (χ1) is 12.3. The highest BCUT2D eigenvalue weighted by atomic mass is 16.4. The van der Waals surface area contributed by atoms with Crippen LogP contribution in [0.15, 0.2) is 30.6 Å². The van der Waals surface area contributed by atoms with Crippen molar-refractivity contribution in [1.29, 1.82) is 0 Å². The highest BCUT2D eigenvalue weighted by Gasteiger charge is 2.33. The predicted molar refractivity (Wildman–Crippen MR) is 94.9 cm³/mol. The van der Waals surface area contributed by atoms with Crippen molar-refractivity contribution in [3.05, 3.63) is 30.6 Å². The van der Waals surface area contributed by atoms with Crippen LogP contribution in [0.3, 0.4) is 0 Å². The number of anilines is 2. The number of fused-ring (bicyclic) bond motifs is 1. The van der Waals surface area contributed by atoms with Gasteiger partial charge in [0.15, 0.2) is 0 Å². The molecule has 1 atom stereocenters. The number of carbonyl (C=O) groups is 3. The van der Waals surface area contributed by atoms with E-state index in [1.807, 2.05) is 6.92 Å². The molecule has 0 bridgehead atoms. The monoisotopic (exact) mass is 357 g/mol. The van der Waals surface area contributed by atoms with Crippen LogP contribution in [0.5, 0.6) is 0 Å². The molecule has 1 aromatic carbocycles. The maximum absolute atomic E-state index is 12.0. The van der Waals surface area contributed by atoms with Crippen LogP contribution in [0, 0.1) is 0 Å². The topological polar surface area (TPSA) is 122 Å². The van der Waals surface area contributed by atoms with Crippen molar-refractivity contribution in [2.45, 2.75) is 26.4 Å². The molecule has 1 aliphatic rings. The third kappa shape index (κ3) is 3.10. The summed E-state index contributed by atoms with van der Waals surface area (Å²) in [5.41, 5.74) is 7.59. The van der Waals surface area contributed by atoms with E-state index in [0.29, 0.717) is 16.9 Å². The molecule has 3 rings (SSSR count). The number of hydrogen-bond acceptors (Lipinski definition) is 4. The molecular weight excluding hydrogens is 338 g/mol. The number of hydrogen-bond donors (Lipinski definition) is 2. The Balaban J connectivity index is 2.05. The van der Waals surface area contributed by atoms with Gasteiger partial charge in [0, 0.05) is 25.2 Å². The Kier molecular flexibility index (Phi) is 4.37. The fraction of sp³-hybridized carbons (Fsp3) is 0.294. The highest BCUT2D eigenvalue weighted by molar-refractivity contribution is 6.02. The number of primary amides is 1. The Morgan fingerprint density at radius 3 is 2.62 bits per heavy atom. The van der Waals surface area contributed by atoms with E-state index in [9.17, 15) is 19.5 Å². The SMILES string of the molecule is CC(=O)N1c2ccc(-c3cnn(CC(N)=O)c3)cc2N(C(=O)O)C[C@@H]1C. The average molecular weight is 357 g/mol. The van der Waals surface area contributed by atoms with Crippen molar-refractivity contribution in [1.82, 2.24) is 9.78 Å². The summed E-state index contributed by atoms with van der Waals surface area (Å²) in [5.74, 6) is -0.654. The van der Waals surface area contributed by atoms with Crippen LogP contribution < -0.4 is 15.5 Å². The molecule has 9 heteroatoms. The lowest BCUT2D eigenvalue weighted by atomic mass is 10.0. The van der Waals surface area contributed by atoms with Gasteiger partial charge in [-0.1, -0.05) is 6.07 Å². The number of rotatable bonds is 3. The molecule has 3 amide bonds. The minimum absolute atomic E-state index is 0.0399. The zero-order valence-corrected chi connectivity index (χ0v) is 14.4. The van der Waals surface area contributed by atoms with E-state index in [1.165, 1.54) is 16.5 Å². The van der Waals surface area contributed by atoms with Crippen molar-refractivity contribution >= 4 is 29.3 Å². The summed E-state index contributed by atoms with van der Waals surface area (Å²) in [6.45, 7) is 3.41. The Bertz CT molecular complexity index is 891. The molecule has 0 saturated carbocycles. The summed E-state index contributed by atoms with van der Waals surface area (Å²) in [7, 11) is 0. The van der Waals surface area contributed by atoms with Gasteiger partial charge in [-0.3, -0.25) is 19.2 Å². The van der Waals surface area contributed by atoms with E-state index in [4.69, 9.17) is 5.73 Å². The van der Waals surface area contributed by atoms with Crippen LogP contribution in [-0.4, -0.2) is 45.4 Å². The lowest BCUT2D eigenvalue weighted by Gasteiger charge is -2.39. The smallest absolute Gasteiger partial charge is 0.411 e. The summed E-state index contributed by atoms with van der Waals surface area (Å²) in [4.78, 5) is 37.5. The summed E-state index contributed by atoms with van der Waals surface area (Å²) in [5, 5.41) is 13.6. The third-order valence-electron chi connectivity index (χ3n) is 4.27. The van der Waals surface area contributed by atoms with E-state index in [1.54, 1.807) is 35.5 Å². The molecular formula is C17H19N5O4. The van der Waals surface area contributed by atoms with E-state index in [2.05, 4.69) is 5.10 Å². The number of nitrogens with zero attached hydrogens (tertiary/aromatic N) is 4. The zero-order valence-electron chi connectivity index (χ0n) is 14.4. The summed E-state index contributed by atoms with van der Waals surface area (Å²) in [6, 6.07) is 4.96. The third-order valence-corrected chi connectivity index (χ3v) is 4.27. The largest absolute Gasteiger partial charge is 0.465 e. The number of aromatic nitrogens is 2.